The molecule has 0 aliphatic rings. The first-order valence-electron chi connectivity index (χ1n) is 4.54. The third-order valence-electron chi connectivity index (χ3n) is 1.83. The second-order valence-corrected chi connectivity index (χ2v) is 8.25. The highest BCUT2D eigenvalue weighted by Gasteiger charge is 2.09. The molecule has 0 bridgehead atoms. The molecular formula is C9H11ClO5S2. The first-order valence-corrected chi connectivity index (χ1v) is 8.91. The molecule has 0 spiro atoms. The molecule has 1 rings (SSSR count). The van der Waals surface area contributed by atoms with Crippen molar-refractivity contribution in [2.45, 2.75) is 4.90 Å². The van der Waals surface area contributed by atoms with E-state index in [2.05, 4.69) is 0 Å². The Kier molecular flexibility index (Phi) is 4.40. The Morgan fingerprint density at radius 1 is 1.24 bits per heavy atom. The predicted octanol–water partition coefficient (Wildman–Crippen LogP) is 1.04. The molecule has 0 saturated heterocycles. The van der Waals surface area contributed by atoms with Crippen molar-refractivity contribution in [3.8, 4) is 5.75 Å². The van der Waals surface area contributed by atoms with Crippen molar-refractivity contribution < 1.29 is 21.6 Å². The van der Waals surface area contributed by atoms with Crippen LogP contribution in [0.15, 0.2) is 29.2 Å². The van der Waals surface area contributed by atoms with Gasteiger partial charge < -0.3 is 4.74 Å². The molecule has 0 radical (unpaired) electrons. The maximum atomic E-state index is 11.2. The largest absolute Gasteiger partial charge is 0.492 e. The van der Waals surface area contributed by atoms with E-state index < -0.39 is 18.9 Å². The SMILES string of the molecule is CS(=O)(=O)c1cccc(OCCS(=O)(=O)Cl)c1. The average molecular weight is 299 g/mol. The molecule has 1 aromatic carbocycles. The van der Waals surface area contributed by atoms with Crippen molar-refractivity contribution in [3.05, 3.63) is 24.3 Å². The maximum absolute atomic E-state index is 11.2. The summed E-state index contributed by atoms with van der Waals surface area (Å²) in [7, 11) is -1.91. The summed E-state index contributed by atoms with van der Waals surface area (Å²) in [6.07, 6.45) is 1.08. The van der Waals surface area contributed by atoms with Crippen LogP contribution in [0.25, 0.3) is 0 Å². The van der Waals surface area contributed by atoms with Crippen LogP contribution in [0.4, 0.5) is 0 Å². The summed E-state index contributed by atoms with van der Waals surface area (Å²) in [6, 6.07) is 5.81. The molecule has 17 heavy (non-hydrogen) atoms. The monoisotopic (exact) mass is 298 g/mol. The van der Waals surface area contributed by atoms with E-state index in [9.17, 15) is 16.8 Å². The number of sulfone groups is 1. The summed E-state index contributed by atoms with van der Waals surface area (Å²) in [5.74, 6) is -0.0502. The third-order valence-corrected chi connectivity index (χ3v) is 4.06. The minimum Gasteiger partial charge on any atom is -0.492 e. The van der Waals surface area contributed by atoms with Crippen molar-refractivity contribution in [1.29, 1.82) is 0 Å². The molecule has 0 aromatic heterocycles. The number of hydrogen-bond donors (Lipinski definition) is 0. The van der Waals surface area contributed by atoms with Gasteiger partial charge in [0.25, 0.3) is 0 Å². The van der Waals surface area contributed by atoms with Gasteiger partial charge in [-0.25, -0.2) is 16.8 Å². The van der Waals surface area contributed by atoms with Gasteiger partial charge in [0.2, 0.25) is 9.05 Å². The van der Waals surface area contributed by atoms with Gasteiger partial charge >= 0.3 is 0 Å². The van der Waals surface area contributed by atoms with E-state index in [1.165, 1.54) is 24.3 Å². The lowest BCUT2D eigenvalue weighted by atomic mass is 10.3. The minimum absolute atomic E-state index is 0.115. The molecular weight excluding hydrogens is 288 g/mol. The normalized spacial score (nSPS) is 12.4. The first-order chi connectivity index (χ1) is 7.68. The summed E-state index contributed by atoms with van der Waals surface area (Å²) < 4.78 is 48.9. The molecule has 0 saturated carbocycles. The van der Waals surface area contributed by atoms with Gasteiger partial charge in [0.15, 0.2) is 9.84 Å². The lowest BCUT2D eigenvalue weighted by Crippen LogP contribution is -2.09. The molecule has 0 aliphatic heterocycles. The number of halogens is 1. The highest BCUT2D eigenvalue weighted by atomic mass is 35.7. The van der Waals surface area contributed by atoms with E-state index in [1.54, 1.807) is 0 Å². The quantitative estimate of drug-likeness (QED) is 0.759. The lowest BCUT2D eigenvalue weighted by Gasteiger charge is -2.06. The van der Waals surface area contributed by atoms with Crippen LogP contribution < -0.4 is 4.74 Å². The van der Waals surface area contributed by atoms with E-state index in [0.717, 1.165) is 6.26 Å². The van der Waals surface area contributed by atoms with Crippen molar-refractivity contribution in [3.63, 3.8) is 0 Å². The van der Waals surface area contributed by atoms with Crippen LogP contribution in [0.2, 0.25) is 0 Å². The van der Waals surface area contributed by atoms with Crippen LogP contribution >= 0.6 is 10.7 Å². The van der Waals surface area contributed by atoms with E-state index in [4.69, 9.17) is 15.4 Å². The van der Waals surface area contributed by atoms with Gasteiger partial charge in [0, 0.05) is 16.9 Å². The summed E-state index contributed by atoms with van der Waals surface area (Å²) >= 11 is 0. The van der Waals surface area contributed by atoms with Crippen LogP contribution in [0.5, 0.6) is 5.75 Å². The summed E-state index contributed by atoms with van der Waals surface area (Å²) in [5.41, 5.74) is 0. The summed E-state index contributed by atoms with van der Waals surface area (Å²) in [5, 5.41) is 0. The van der Waals surface area contributed by atoms with Gasteiger partial charge in [-0.3, -0.25) is 0 Å². The van der Waals surface area contributed by atoms with Crippen molar-refractivity contribution in [1.82, 2.24) is 0 Å². The third kappa shape index (κ3) is 5.38. The second-order valence-electron chi connectivity index (χ2n) is 3.34. The molecule has 0 aliphatic carbocycles. The van der Waals surface area contributed by atoms with Gasteiger partial charge in [-0.05, 0) is 18.2 Å². The maximum Gasteiger partial charge on any atom is 0.235 e. The molecule has 0 heterocycles. The molecule has 0 N–H and O–H groups in total. The average Bonchev–Trinajstić information content (AvgIpc) is 2.15. The van der Waals surface area contributed by atoms with Crippen molar-refractivity contribution >= 4 is 29.6 Å². The number of ether oxygens (including phenoxy) is 1. The van der Waals surface area contributed by atoms with E-state index in [1.807, 2.05) is 0 Å². The van der Waals surface area contributed by atoms with E-state index in [-0.39, 0.29) is 23.0 Å². The fourth-order valence-corrected chi connectivity index (χ4v) is 2.18. The molecule has 0 amide bonds. The standard InChI is InChI=1S/C9H11ClO5S2/c1-16(11,12)9-4-2-3-8(7-9)15-5-6-17(10,13)14/h2-4,7H,5-6H2,1H3. The predicted molar refractivity (Wildman–Crippen MR) is 64.7 cm³/mol. The topological polar surface area (TPSA) is 77.5 Å². The van der Waals surface area contributed by atoms with E-state index >= 15 is 0 Å². The Bertz CT molecular complexity index is 592. The van der Waals surface area contributed by atoms with Crippen molar-refractivity contribution in [2.75, 3.05) is 18.6 Å². The molecule has 8 heteroatoms. The molecule has 5 nitrogen and oxygen atoms in total. The zero-order valence-electron chi connectivity index (χ0n) is 8.96. The Labute approximate surface area is 105 Å². The van der Waals surface area contributed by atoms with Crippen LogP contribution in [0.1, 0.15) is 0 Å². The van der Waals surface area contributed by atoms with Gasteiger partial charge in [-0.15, -0.1) is 0 Å². The van der Waals surface area contributed by atoms with Crippen LogP contribution in [0.3, 0.4) is 0 Å². The Hall–Kier alpha value is -0.790. The zero-order chi connectivity index (χ0) is 13.1. The molecule has 96 valence electrons. The fraction of sp³-hybridized carbons (Fsp3) is 0.333. The Morgan fingerprint density at radius 3 is 2.41 bits per heavy atom. The highest BCUT2D eigenvalue weighted by Crippen LogP contribution is 2.17. The first kappa shape index (κ1) is 14.3. The Morgan fingerprint density at radius 2 is 1.88 bits per heavy atom. The van der Waals surface area contributed by atoms with Crippen molar-refractivity contribution in [2.24, 2.45) is 0 Å². The number of rotatable bonds is 5. The summed E-state index contributed by atoms with van der Waals surface area (Å²) in [6.45, 7) is -0.126. The molecule has 0 fully saturated rings. The minimum atomic E-state index is -3.60. The molecule has 0 unspecified atom stereocenters. The van der Waals surface area contributed by atoms with E-state index in [0.29, 0.717) is 0 Å². The highest BCUT2D eigenvalue weighted by molar-refractivity contribution is 8.13. The van der Waals surface area contributed by atoms with Gasteiger partial charge in [0.1, 0.15) is 12.4 Å². The summed E-state index contributed by atoms with van der Waals surface area (Å²) in [4.78, 5) is 0.115. The van der Waals surface area contributed by atoms with Crippen LogP contribution in [-0.4, -0.2) is 35.5 Å². The second kappa shape index (κ2) is 5.24. The molecule has 0 atom stereocenters. The fourth-order valence-electron chi connectivity index (χ4n) is 1.05. The number of hydrogen-bond acceptors (Lipinski definition) is 5. The Balaban J connectivity index is 2.74. The van der Waals surface area contributed by atoms with Crippen LogP contribution in [0, 0.1) is 0 Å². The van der Waals surface area contributed by atoms with Gasteiger partial charge in [0.05, 0.1) is 10.6 Å². The number of benzene rings is 1. The van der Waals surface area contributed by atoms with Gasteiger partial charge in [-0.1, -0.05) is 6.07 Å². The lowest BCUT2D eigenvalue weighted by molar-refractivity contribution is 0.340. The molecule has 1 aromatic rings. The van der Waals surface area contributed by atoms with Gasteiger partial charge in [-0.2, -0.15) is 0 Å². The van der Waals surface area contributed by atoms with Crippen LogP contribution in [-0.2, 0) is 18.9 Å². The smallest absolute Gasteiger partial charge is 0.235 e. The zero-order valence-corrected chi connectivity index (χ0v) is 11.3.